The van der Waals surface area contributed by atoms with E-state index < -0.39 is 0 Å². The molecule has 3 heterocycles. The van der Waals surface area contributed by atoms with E-state index in [-0.39, 0.29) is 5.91 Å². The Labute approximate surface area is 134 Å². The summed E-state index contributed by atoms with van der Waals surface area (Å²) in [5, 5.41) is 0. The summed E-state index contributed by atoms with van der Waals surface area (Å²) in [7, 11) is 0. The van der Waals surface area contributed by atoms with Gasteiger partial charge in [-0.3, -0.25) is 9.69 Å². The molecule has 2 fully saturated rings. The summed E-state index contributed by atoms with van der Waals surface area (Å²) in [5.41, 5.74) is 0. The van der Waals surface area contributed by atoms with Crippen LogP contribution in [0.4, 0.5) is 0 Å². The van der Waals surface area contributed by atoms with Crippen LogP contribution in [0.3, 0.4) is 0 Å². The lowest BCUT2D eigenvalue weighted by Crippen LogP contribution is -2.36. The summed E-state index contributed by atoms with van der Waals surface area (Å²) >= 11 is 8.40. The molecule has 0 bridgehead atoms. The van der Waals surface area contributed by atoms with Crippen LogP contribution in [0.25, 0.3) is 0 Å². The molecule has 0 aromatic carbocycles. The van der Waals surface area contributed by atoms with Gasteiger partial charge in [0.05, 0.1) is 8.66 Å². The Morgan fingerprint density at radius 1 is 1.26 bits per heavy atom. The minimum Gasteiger partial charge on any atom is -0.336 e. The molecule has 19 heavy (non-hydrogen) atoms. The van der Waals surface area contributed by atoms with Crippen LogP contribution in [0.15, 0.2) is 14.3 Å². The Hall–Kier alpha value is 0.0900. The van der Waals surface area contributed by atoms with Crippen molar-refractivity contribution in [3.63, 3.8) is 0 Å². The van der Waals surface area contributed by atoms with E-state index in [0.29, 0.717) is 6.04 Å². The number of amides is 1. The van der Waals surface area contributed by atoms with Crippen molar-refractivity contribution >= 4 is 49.1 Å². The first-order valence-corrected chi connectivity index (χ1v) is 9.03. The maximum atomic E-state index is 12.4. The van der Waals surface area contributed by atoms with Crippen LogP contribution in [0.5, 0.6) is 0 Å². The van der Waals surface area contributed by atoms with E-state index in [1.54, 1.807) is 0 Å². The number of hydrogen-bond donors (Lipinski definition) is 0. The Bertz CT molecular complexity index is 465. The van der Waals surface area contributed by atoms with E-state index in [9.17, 15) is 4.79 Å². The first-order valence-electron chi connectivity index (χ1n) is 6.63. The SMILES string of the molecule is O=C(c1cc(Br)c(Br)s1)N1CCC(N2CCCC2)C1. The second-order valence-electron chi connectivity index (χ2n) is 5.17. The molecule has 1 atom stereocenters. The Morgan fingerprint density at radius 2 is 2.00 bits per heavy atom. The Morgan fingerprint density at radius 3 is 2.63 bits per heavy atom. The second kappa shape index (κ2) is 5.84. The van der Waals surface area contributed by atoms with Crippen molar-refractivity contribution in [2.45, 2.75) is 25.3 Å². The highest BCUT2D eigenvalue weighted by Crippen LogP contribution is 2.33. The summed E-state index contributed by atoms with van der Waals surface area (Å²) in [4.78, 5) is 17.8. The predicted octanol–water partition coefficient (Wildman–Crippen LogP) is 3.58. The number of hydrogen-bond acceptors (Lipinski definition) is 3. The number of rotatable bonds is 2. The average Bonchev–Trinajstić information content (AvgIpc) is 3.09. The standard InChI is InChI=1S/C13H16Br2N2OS/c14-10-7-11(19-12(10)15)13(18)17-6-3-9(8-17)16-4-1-2-5-16/h7,9H,1-6,8H2. The normalized spacial score (nSPS) is 24.3. The Balaban J connectivity index is 1.65. The number of carbonyl (C=O) groups excluding carboxylic acids is 1. The van der Waals surface area contributed by atoms with Crippen molar-refractivity contribution in [1.82, 2.24) is 9.80 Å². The average molecular weight is 408 g/mol. The van der Waals surface area contributed by atoms with Crippen LogP contribution in [0.1, 0.15) is 28.9 Å². The van der Waals surface area contributed by atoms with Crippen LogP contribution in [0, 0.1) is 0 Å². The van der Waals surface area contributed by atoms with Gasteiger partial charge in [-0.1, -0.05) is 0 Å². The summed E-state index contributed by atoms with van der Waals surface area (Å²) < 4.78 is 1.96. The van der Waals surface area contributed by atoms with Gasteiger partial charge in [0.25, 0.3) is 5.91 Å². The molecular formula is C13H16Br2N2OS. The molecule has 2 aliphatic heterocycles. The van der Waals surface area contributed by atoms with Gasteiger partial charge in [0.1, 0.15) is 0 Å². The highest BCUT2D eigenvalue weighted by atomic mass is 79.9. The van der Waals surface area contributed by atoms with Crippen LogP contribution in [-0.4, -0.2) is 47.9 Å². The molecule has 0 N–H and O–H groups in total. The van der Waals surface area contributed by atoms with Gasteiger partial charge in [0.15, 0.2) is 0 Å². The number of carbonyl (C=O) groups is 1. The number of halogens is 2. The molecule has 1 amide bonds. The van der Waals surface area contributed by atoms with E-state index in [2.05, 4.69) is 36.8 Å². The largest absolute Gasteiger partial charge is 0.336 e. The van der Waals surface area contributed by atoms with Gasteiger partial charge in [-0.05, 0) is 70.3 Å². The molecule has 1 aromatic heterocycles. The number of thiophene rings is 1. The summed E-state index contributed by atoms with van der Waals surface area (Å²) in [5.74, 6) is 0.179. The fraction of sp³-hybridized carbons (Fsp3) is 0.615. The van der Waals surface area contributed by atoms with Gasteiger partial charge in [0.2, 0.25) is 0 Å². The van der Waals surface area contributed by atoms with Gasteiger partial charge < -0.3 is 4.90 Å². The van der Waals surface area contributed by atoms with Crippen molar-refractivity contribution in [1.29, 1.82) is 0 Å². The van der Waals surface area contributed by atoms with Crippen LogP contribution in [-0.2, 0) is 0 Å². The zero-order valence-corrected chi connectivity index (χ0v) is 14.6. The highest BCUT2D eigenvalue weighted by Gasteiger charge is 2.32. The van der Waals surface area contributed by atoms with Gasteiger partial charge in [-0.25, -0.2) is 0 Å². The maximum Gasteiger partial charge on any atom is 0.264 e. The van der Waals surface area contributed by atoms with E-state index in [1.165, 1.54) is 37.3 Å². The maximum absolute atomic E-state index is 12.4. The van der Waals surface area contributed by atoms with Crippen LogP contribution >= 0.6 is 43.2 Å². The van der Waals surface area contributed by atoms with Crippen molar-refractivity contribution in [3.8, 4) is 0 Å². The zero-order chi connectivity index (χ0) is 13.4. The van der Waals surface area contributed by atoms with Gasteiger partial charge in [0, 0.05) is 23.6 Å². The van der Waals surface area contributed by atoms with E-state index in [4.69, 9.17) is 0 Å². The molecule has 1 unspecified atom stereocenters. The lowest BCUT2D eigenvalue weighted by Gasteiger charge is -2.23. The zero-order valence-electron chi connectivity index (χ0n) is 10.6. The third-order valence-corrected chi connectivity index (χ3v) is 7.21. The summed E-state index contributed by atoms with van der Waals surface area (Å²) in [6, 6.07) is 2.50. The molecule has 1 aromatic rings. The van der Waals surface area contributed by atoms with E-state index in [0.717, 1.165) is 32.6 Å². The summed E-state index contributed by atoms with van der Waals surface area (Å²) in [6.07, 6.45) is 3.75. The second-order valence-corrected chi connectivity index (χ2v) is 8.39. The van der Waals surface area contributed by atoms with Crippen molar-refractivity contribution in [2.75, 3.05) is 26.2 Å². The number of nitrogens with zero attached hydrogens (tertiary/aromatic N) is 2. The van der Waals surface area contributed by atoms with Gasteiger partial charge in [-0.15, -0.1) is 11.3 Å². The molecule has 3 rings (SSSR count). The minimum absolute atomic E-state index is 0.179. The van der Waals surface area contributed by atoms with E-state index >= 15 is 0 Å². The minimum atomic E-state index is 0.179. The molecular weight excluding hydrogens is 392 g/mol. The molecule has 3 nitrogen and oxygen atoms in total. The lowest BCUT2D eigenvalue weighted by atomic mass is 10.2. The smallest absolute Gasteiger partial charge is 0.264 e. The topological polar surface area (TPSA) is 23.6 Å². The van der Waals surface area contributed by atoms with Gasteiger partial charge in [-0.2, -0.15) is 0 Å². The number of likely N-dealkylation sites (tertiary alicyclic amines) is 2. The fourth-order valence-electron chi connectivity index (χ4n) is 2.94. The molecule has 0 saturated carbocycles. The third-order valence-electron chi connectivity index (χ3n) is 3.96. The molecule has 0 spiro atoms. The lowest BCUT2D eigenvalue weighted by molar-refractivity contribution is 0.0785. The predicted molar refractivity (Wildman–Crippen MR) is 84.8 cm³/mol. The van der Waals surface area contributed by atoms with Crippen molar-refractivity contribution in [3.05, 3.63) is 19.2 Å². The molecule has 104 valence electrons. The molecule has 2 saturated heterocycles. The first-order chi connectivity index (χ1) is 9.15. The molecule has 0 aliphatic carbocycles. The van der Waals surface area contributed by atoms with Gasteiger partial charge >= 0.3 is 0 Å². The molecule has 2 aliphatic rings. The van der Waals surface area contributed by atoms with E-state index in [1.807, 2.05) is 11.0 Å². The monoisotopic (exact) mass is 406 g/mol. The fourth-order valence-corrected chi connectivity index (χ4v) is 4.94. The van der Waals surface area contributed by atoms with Crippen molar-refractivity contribution in [2.24, 2.45) is 0 Å². The molecule has 6 heteroatoms. The van der Waals surface area contributed by atoms with Crippen LogP contribution < -0.4 is 0 Å². The van der Waals surface area contributed by atoms with Crippen LogP contribution in [0.2, 0.25) is 0 Å². The highest BCUT2D eigenvalue weighted by molar-refractivity contribution is 9.13. The quantitative estimate of drug-likeness (QED) is 0.747. The summed E-state index contributed by atoms with van der Waals surface area (Å²) in [6.45, 7) is 4.21. The first kappa shape index (κ1) is 14.0. The Kier molecular flexibility index (Phi) is 4.31. The third kappa shape index (κ3) is 2.91. The molecule has 0 radical (unpaired) electrons. The van der Waals surface area contributed by atoms with Crippen molar-refractivity contribution < 1.29 is 4.79 Å².